The number of ether oxygens (including phenoxy) is 1. The van der Waals surface area contributed by atoms with Gasteiger partial charge in [-0.05, 0) is 25.7 Å². The highest BCUT2D eigenvalue weighted by Gasteiger charge is 2.24. The summed E-state index contributed by atoms with van der Waals surface area (Å²) >= 11 is 0. The Hall–Kier alpha value is -1.14. The van der Waals surface area contributed by atoms with E-state index < -0.39 is 18.2 Å². The van der Waals surface area contributed by atoms with Crippen molar-refractivity contribution in [1.29, 1.82) is 0 Å². The van der Waals surface area contributed by atoms with E-state index >= 15 is 0 Å². The SMILES string of the molecule is CCCCCCCCCCCCCCCCCCCCC(=O)OC(CCCCCCCCCCCCCC)CC(=O)NC(CO)C(O)CCCCCCCCCCCC. The summed E-state index contributed by atoms with van der Waals surface area (Å²) in [5, 5.41) is 23.7. The van der Waals surface area contributed by atoms with Gasteiger partial charge in [0, 0.05) is 6.42 Å². The first-order valence-corrected chi connectivity index (χ1v) is 26.8. The van der Waals surface area contributed by atoms with Crippen molar-refractivity contribution < 1.29 is 24.5 Å². The highest BCUT2D eigenvalue weighted by molar-refractivity contribution is 5.77. The van der Waals surface area contributed by atoms with Crippen LogP contribution in [0.15, 0.2) is 0 Å². The topological polar surface area (TPSA) is 95.9 Å². The van der Waals surface area contributed by atoms with E-state index in [0.717, 1.165) is 38.5 Å². The first-order chi connectivity index (χ1) is 29.0. The minimum absolute atomic E-state index is 0.0877. The van der Waals surface area contributed by atoms with Gasteiger partial charge in [0.2, 0.25) is 5.91 Å². The molecule has 0 aromatic heterocycles. The number of aliphatic hydroxyl groups is 2. The first-order valence-electron chi connectivity index (χ1n) is 26.8. The molecule has 0 saturated heterocycles. The normalized spacial score (nSPS) is 13.1. The summed E-state index contributed by atoms with van der Waals surface area (Å²) in [4.78, 5) is 26.1. The second-order valence-electron chi connectivity index (χ2n) is 18.6. The van der Waals surface area contributed by atoms with Gasteiger partial charge in [0.15, 0.2) is 0 Å². The molecule has 6 nitrogen and oxygen atoms in total. The van der Waals surface area contributed by atoms with Crippen molar-refractivity contribution in [3.63, 3.8) is 0 Å². The van der Waals surface area contributed by atoms with Crippen molar-refractivity contribution in [2.75, 3.05) is 6.61 Å². The molecule has 0 radical (unpaired) electrons. The van der Waals surface area contributed by atoms with Crippen LogP contribution in [0, 0.1) is 0 Å². The van der Waals surface area contributed by atoms with Gasteiger partial charge in [0.25, 0.3) is 0 Å². The Morgan fingerprint density at radius 3 is 1.03 bits per heavy atom. The molecule has 0 aliphatic heterocycles. The van der Waals surface area contributed by atoms with Gasteiger partial charge in [0.1, 0.15) is 6.10 Å². The van der Waals surface area contributed by atoms with E-state index in [1.165, 1.54) is 218 Å². The Kier molecular flexibility index (Phi) is 47.0. The zero-order valence-electron chi connectivity index (χ0n) is 40.2. The van der Waals surface area contributed by atoms with Crippen LogP contribution < -0.4 is 5.32 Å². The second kappa shape index (κ2) is 47.9. The Balaban J connectivity index is 4.44. The van der Waals surface area contributed by atoms with E-state index in [9.17, 15) is 19.8 Å². The number of aliphatic hydroxyl groups excluding tert-OH is 2. The molecule has 0 fully saturated rings. The third kappa shape index (κ3) is 43.3. The van der Waals surface area contributed by atoms with E-state index in [2.05, 4.69) is 26.1 Å². The average Bonchev–Trinajstić information content (AvgIpc) is 3.23. The van der Waals surface area contributed by atoms with Crippen LogP contribution in [0.1, 0.15) is 303 Å². The molecule has 0 spiro atoms. The highest BCUT2D eigenvalue weighted by Crippen LogP contribution is 2.19. The Morgan fingerprint density at radius 2 is 0.712 bits per heavy atom. The van der Waals surface area contributed by atoms with Gasteiger partial charge in [-0.25, -0.2) is 0 Å². The Morgan fingerprint density at radius 1 is 0.424 bits per heavy atom. The van der Waals surface area contributed by atoms with E-state index in [1.807, 2.05) is 0 Å². The summed E-state index contributed by atoms with van der Waals surface area (Å²) in [5.41, 5.74) is 0. The fraction of sp³-hybridized carbons (Fsp3) is 0.962. The minimum Gasteiger partial charge on any atom is -0.462 e. The predicted octanol–water partition coefficient (Wildman–Crippen LogP) is 16.0. The molecule has 3 atom stereocenters. The lowest BCUT2D eigenvalue weighted by Gasteiger charge is -2.24. The van der Waals surface area contributed by atoms with Gasteiger partial charge in [-0.3, -0.25) is 9.59 Å². The molecule has 0 saturated carbocycles. The molecule has 3 unspecified atom stereocenters. The molecule has 352 valence electrons. The van der Waals surface area contributed by atoms with Crippen LogP contribution in [0.5, 0.6) is 0 Å². The fourth-order valence-corrected chi connectivity index (χ4v) is 8.61. The molecule has 0 heterocycles. The fourth-order valence-electron chi connectivity index (χ4n) is 8.61. The smallest absolute Gasteiger partial charge is 0.306 e. The molecule has 0 aliphatic rings. The molecule has 0 aliphatic carbocycles. The number of nitrogens with one attached hydrogen (secondary N) is 1. The monoisotopic (exact) mass is 836 g/mol. The predicted molar refractivity (Wildman–Crippen MR) is 255 cm³/mol. The summed E-state index contributed by atoms with van der Waals surface area (Å²) in [7, 11) is 0. The largest absolute Gasteiger partial charge is 0.462 e. The second-order valence-corrected chi connectivity index (χ2v) is 18.6. The highest BCUT2D eigenvalue weighted by atomic mass is 16.5. The van der Waals surface area contributed by atoms with Crippen LogP contribution in [0.25, 0.3) is 0 Å². The summed E-state index contributed by atoms with van der Waals surface area (Å²) in [6.07, 6.45) is 51.7. The van der Waals surface area contributed by atoms with Gasteiger partial charge in [-0.2, -0.15) is 0 Å². The summed E-state index contributed by atoms with van der Waals surface area (Å²) in [5.74, 6) is -0.450. The van der Waals surface area contributed by atoms with E-state index in [0.29, 0.717) is 19.3 Å². The molecule has 6 heteroatoms. The van der Waals surface area contributed by atoms with Crippen LogP contribution >= 0.6 is 0 Å². The molecular formula is C53H105NO5. The number of rotatable bonds is 49. The number of amides is 1. The van der Waals surface area contributed by atoms with Crippen molar-refractivity contribution in [3.05, 3.63) is 0 Å². The number of hydrogen-bond donors (Lipinski definition) is 3. The van der Waals surface area contributed by atoms with Gasteiger partial charge >= 0.3 is 5.97 Å². The number of esters is 1. The molecule has 0 bridgehead atoms. The van der Waals surface area contributed by atoms with Gasteiger partial charge in [-0.1, -0.05) is 265 Å². The van der Waals surface area contributed by atoms with E-state index in [-0.39, 0.29) is 24.9 Å². The lowest BCUT2D eigenvalue weighted by atomic mass is 10.0. The molecule has 0 aromatic rings. The van der Waals surface area contributed by atoms with Crippen LogP contribution in [-0.2, 0) is 14.3 Å². The number of carbonyl (C=O) groups is 2. The maximum Gasteiger partial charge on any atom is 0.306 e. The standard InChI is InChI=1S/C53H105NO5/c1-4-7-10-13-16-19-22-24-25-26-27-28-29-31-34-37-40-43-46-53(58)59-49(44-41-38-35-32-30-23-20-17-14-11-8-5-2)47-52(57)54-50(48-55)51(56)45-42-39-36-33-21-18-15-12-9-6-3/h49-51,55-56H,4-48H2,1-3H3,(H,54,57). The summed E-state index contributed by atoms with van der Waals surface area (Å²) in [6.45, 7) is 6.50. The minimum atomic E-state index is -0.778. The van der Waals surface area contributed by atoms with Gasteiger partial charge in [-0.15, -0.1) is 0 Å². The number of unbranched alkanes of at least 4 members (excludes halogenated alkanes) is 37. The molecule has 1 amide bonds. The maximum absolute atomic E-state index is 13.2. The third-order valence-electron chi connectivity index (χ3n) is 12.7. The van der Waals surface area contributed by atoms with Crippen molar-refractivity contribution in [2.24, 2.45) is 0 Å². The number of carbonyl (C=O) groups excluding carboxylic acids is 2. The number of hydrogen-bond acceptors (Lipinski definition) is 5. The Bertz CT molecular complexity index is 852. The lowest BCUT2D eigenvalue weighted by Crippen LogP contribution is -2.46. The lowest BCUT2D eigenvalue weighted by molar-refractivity contribution is -0.151. The third-order valence-corrected chi connectivity index (χ3v) is 12.7. The van der Waals surface area contributed by atoms with Crippen LogP contribution in [0.2, 0.25) is 0 Å². The van der Waals surface area contributed by atoms with Crippen molar-refractivity contribution >= 4 is 11.9 Å². The summed E-state index contributed by atoms with van der Waals surface area (Å²) < 4.78 is 5.94. The van der Waals surface area contributed by atoms with Crippen LogP contribution in [0.3, 0.4) is 0 Å². The van der Waals surface area contributed by atoms with E-state index in [4.69, 9.17) is 4.74 Å². The Labute approximate surface area is 368 Å². The van der Waals surface area contributed by atoms with Crippen molar-refractivity contribution in [3.8, 4) is 0 Å². The molecule has 59 heavy (non-hydrogen) atoms. The zero-order chi connectivity index (χ0) is 43.1. The molecular weight excluding hydrogens is 731 g/mol. The quantitative estimate of drug-likeness (QED) is 0.0419. The maximum atomic E-state index is 13.2. The first kappa shape index (κ1) is 57.9. The molecule has 3 N–H and O–H groups in total. The van der Waals surface area contributed by atoms with Gasteiger partial charge < -0.3 is 20.3 Å². The van der Waals surface area contributed by atoms with Gasteiger partial charge in [0.05, 0.1) is 25.2 Å². The van der Waals surface area contributed by atoms with Crippen molar-refractivity contribution in [2.45, 2.75) is 322 Å². The van der Waals surface area contributed by atoms with E-state index in [1.54, 1.807) is 0 Å². The average molecular weight is 836 g/mol. The summed E-state index contributed by atoms with van der Waals surface area (Å²) in [6, 6.07) is -0.691. The van der Waals surface area contributed by atoms with Crippen molar-refractivity contribution in [1.82, 2.24) is 5.32 Å². The van der Waals surface area contributed by atoms with Crippen LogP contribution in [-0.4, -0.2) is 46.9 Å². The zero-order valence-corrected chi connectivity index (χ0v) is 40.2. The van der Waals surface area contributed by atoms with Crippen LogP contribution in [0.4, 0.5) is 0 Å². The molecule has 0 rings (SSSR count). The molecule has 0 aromatic carbocycles.